The number of methoxy groups -OCH3 is 2. The standard InChI is InChI=1S/C13H12O.C10H14.C9H11BrO2.C9H12.C7H3F5.3C7H6F2/c1-11-7-5-6-10-13(11)14-12-8-3-2-4-9-12;1-7-5-8(2)10(4)9(3)6-7;1-6-4-8(11-2)9(12-3)5-7(6)10;1-7-4-5-8(2)9(3)6-7;1-2-3(8)5(10)7(12)6(11)4(2)9;1-5-4-6(8)2-3-7(5)9;1-5-2-3-6(8)7(9)4-5;1-5-6(8)3-2-4-7(5)9/h2-10H,1H3;5-6H,1-4H3;4-5H,1-3H3;4-6H,1-3H3;1H3;3*2-4H,1H3. The van der Waals surface area contributed by atoms with Crippen molar-refractivity contribution in [3.05, 3.63) is 292 Å². The molecule has 84 heavy (non-hydrogen) atoms. The average Bonchev–Trinajstić information content (AvgIpc) is 3.62. The topological polar surface area (TPSA) is 27.7 Å². The van der Waals surface area contributed by atoms with Crippen molar-refractivity contribution < 1.29 is 62.5 Å². The SMILES string of the molecule is COc1cc(C)c(Br)cc1OC.Cc1c(F)c(F)c(F)c(F)c1F.Cc1c(F)cccc1F.Cc1cc(C)c(C)c(C)c1.Cc1cc(F)ccc1F.Cc1ccc(C)c(C)c1.Cc1ccc(F)c(F)c1.Cc1ccccc1Oc1ccccc1. The zero-order valence-corrected chi connectivity index (χ0v) is 51.3. The third-order valence-electron chi connectivity index (χ3n) is 12.3. The summed E-state index contributed by atoms with van der Waals surface area (Å²) >= 11 is 3.41. The molecule has 0 fully saturated rings. The van der Waals surface area contributed by atoms with Crippen LogP contribution in [0.15, 0.2) is 156 Å². The average molecular weight is 1240 g/mol. The van der Waals surface area contributed by atoms with Crippen LogP contribution in [0.2, 0.25) is 0 Å². The summed E-state index contributed by atoms with van der Waals surface area (Å²) in [5.74, 6) is -9.54. The van der Waals surface area contributed by atoms with Crippen LogP contribution in [-0.2, 0) is 0 Å². The minimum atomic E-state index is -2.13. The van der Waals surface area contributed by atoms with Crippen LogP contribution in [0.5, 0.6) is 23.0 Å². The van der Waals surface area contributed by atoms with Gasteiger partial charge in [-0.25, -0.2) is 48.3 Å². The van der Waals surface area contributed by atoms with Gasteiger partial charge in [-0.15, -0.1) is 0 Å². The maximum atomic E-state index is 12.4. The van der Waals surface area contributed by atoms with E-state index in [2.05, 4.69) is 94.7 Å². The highest BCUT2D eigenvalue weighted by Crippen LogP contribution is 2.33. The smallest absolute Gasteiger partial charge is 0.200 e. The third-order valence-corrected chi connectivity index (χ3v) is 13.1. The normalized spacial score (nSPS) is 9.85. The first-order valence-electron chi connectivity index (χ1n) is 25.9. The van der Waals surface area contributed by atoms with Crippen LogP contribution in [-0.4, -0.2) is 14.2 Å². The number of halogens is 12. The Morgan fingerprint density at radius 1 is 0.286 bits per heavy atom. The van der Waals surface area contributed by atoms with Gasteiger partial charge in [-0.05, 0) is 213 Å². The van der Waals surface area contributed by atoms with E-state index in [4.69, 9.17) is 14.2 Å². The molecule has 0 bridgehead atoms. The van der Waals surface area contributed by atoms with Crippen LogP contribution in [0.4, 0.5) is 48.3 Å². The number of hydrogen-bond acceptors (Lipinski definition) is 3. The van der Waals surface area contributed by atoms with E-state index in [1.807, 2.05) is 80.6 Å². The summed E-state index contributed by atoms with van der Waals surface area (Å²) in [6.45, 7) is 24.5. The molecule has 0 amide bonds. The fourth-order valence-corrected chi connectivity index (χ4v) is 7.21. The molecule has 9 aromatic carbocycles. The molecule has 0 aliphatic rings. The van der Waals surface area contributed by atoms with Crippen molar-refractivity contribution in [3.63, 3.8) is 0 Å². The van der Waals surface area contributed by atoms with Crippen LogP contribution >= 0.6 is 15.9 Å². The van der Waals surface area contributed by atoms with Crippen molar-refractivity contribution in [2.24, 2.45) is 0 Å². The molecule has 0 radical (unpaired) electrons. The fourth-order valence-electron chi connectivity index (χ4n) is 6.89. The Balaban J connectivity index is 0.000000329. The van der Waals surface area contributed by atoms with Crippen LogP contribution in [0.25, 0.3) is 0 Å². The highest BCUT2D eigenvalue weighted by atomic mass is 79.9. The lowest BCUT2D eigenvalue weighted by molar-refractivity contribution is 0.354. The molecule has 0 N–H and O–H groups in total. The van der Waals surface area contributed by atoms with Gasteiger partial charge in [0.15, 0.2) is 46.4 Å². The zero-order chi connectivity index (χ0) is 63.5. The molecule has 0 saturated carbocycles. The van der Waals surface area contributed by atoms with E-state index >= 15 is 0 Å². The van der Waals surface area contributed by atoms with E-state index in [0.29, 0.717) is 5.56 Å². The van der Waals surface area contributed by atoms with Crippen LogP contribution < -0.4 is 14.2 Å². The number of benzene rings is 9. The maximum Gasteiger partial charge on any atom is 0.200 e. The van der Waals surface area contributed by atoms with Gasteiger partial charge in [0.1, 0.15) is 34.8 Å². The first-order valence-corrected chi connectivity index (χ1v) is 26.7. The zero-order valence-electron chi connectivity index (χ0n) is 49.7. The van der Waals surface area contributed by atoms with E-state index < -0.39 is 63.7 Å². The highest BCUT2D eigenvalue weighted by molar-refractivity contribution is 9.10. The van der Waals surface area contributed by atoms with Crippen molar-refractivity contribution in [2.75, 3.05) is 14.2 Å². The molecule has 15 heteroatoms. The lowest BCUT2D eigenvalue weighted by atomic mass is 10.0. The summed E-state index contributed by atoms with van der Waals surface area (Å²) in [5, 5.41) is 0. The molecule has 0 unspecified atom stereocenters. The Bertz CT molecular complexity index is 3240. The lowest BCUT2D eigenvalue weighted by Crippen LogP contribution is -2.03. The van der Waals surface area contributed by atoms with Gasteiger partial charge >= 0.3 is 0 Å². The molecule has 0 aliphatic heterocycles. The lowest BCUT2D eigenvalue weighted by Gasteiger charge is -2.08. The van der Waals surface area contributed by atoms with Gasteiger partial charge in [-0.1, -0.05) is 106 Å². The van der Waals surface area contributed by atoms with Gasteiger partial charge < -0.3 is 14.2 Å². The van der Waals surface area contributed by atoms with E-state index in [9.17, 15) is 48.3 Å². The monoisotopic (exact) mass is 1230 g/mol. The number of ether oxygens (including phenoxy) is 3. The maximum absolute atomic E-state index is 12.4. The molecule has 0 saturated heterocycles. The molecule has 0 spiro atoms. The molecule has 0 aromatic heterocycles. The summed E-state index contributed by atoms with van der Waals surface area (Å²) in [5.41, 5.74) is 12.3. The van der Waals surface area contributed by atoms with Crippen molar-refractivity contribution in [3.8, 4) is 23.0 Å². The van der Waals surface area contributed by atoms with Gasteiger partial charge in [0.05, 0.1) is 14.2 Å². The van der Waals surface area contributed by atoms with Gasteiger partial charge in [-0.2, -0.15) is 0 Å². The van der Waals surface area contributed by atoms with Crippen molar-refractivity contribution >= 4 is 15.9 Å². The van der Waals surface area contributed by atoms with Gasteiger partial charge in [0.25, 0.3) is 0 Å². The number of rotatable bonds is 4. The van der Waals surface area contributed by atoms with Crippen molar-refractivity contribution in [1.82, 2.24) is 0 Å². The summed E-state index contributed by atoms with van der Waals surface area (Å²) in [7, 11) is 3.25. The summed E-state index contributed by atoms with van der Waals surface area (Å²) in [6, 6.07) is 43.6. The molecule has 9 rings (SSSR count). The second kappa shape index (κ2) is 35.9. The van der Waals surface area contributed by atoms with Gasteiger partial charge in [0, 0.05) is 15.6 Å². The van der Waals surface area contributed by atoms with Crippen molar-refractivity contribution in [2.45, 2.75) is 90.0 Å². The number of hydrogen-bond donors (Lipinski definition) is 0. The second-order valence-corrected chi connectivity index (χ2v) is 20.0. The largest absolute Gasteiger partial charge is 0.493 e. The second-order valence-electron chi connectivity index (χ2n) is 19.1. The Morgan fingerprint density at radius 2 is 0.762 bits per heavy atom. The molecule has 9 aromatic rings. The van der Waals surface area contributed by atoms with Crippen molar-refractivity contribution in [1.29, 1.82) is 0 Å². The third kappa shape index (κ3) is 24.1. The van der Waals surface area contributed by atoms with E-state index in [-0.39, 0.29) is 11.4 Å². The Labute approximate surface area is 495 Å². The fraction of sp³-hybridized carbons (Fsp3) is 0.217. The molecule has 448 valence electrons. The quantitative estimate of drug-likeness (QED) is 0.0998. The van der Waals surface area contributed by atoms with Gasteiger partial charge in [0.2, 0.25) is 5.82 Å². The first kappa shape index (κ1) is 72.2. The van der Waals surface area contributed by atoms with E-state index in [0.717, 1.165) is 81.4 Å². The van der Waals surface area contributed by atoms with Crippen LogP contribution in [0.1, 0.15) is 72.3 Å². The Morgan fingerprint density at radius 3 is 1.23 bits per heavy atom. The summed E-state index contributed by atoms with van der Waals surface area (Å²) in [4.78, 5) is 0. The van der Waals surface area contributed by atoms with Gasteiger partial charge in [-0.3, -0.25) is 0 Å². The molecule has 0 aliphatic carbocycles. The van der Waals surface area contributed by atoms with E-state index in [1.54, 1.807) is 21.1 Å². The number of aryl methyl sites for hydroxylation is 10. The summed E-state index contributed by atoms with van der Waals surface area (Å²) in [6.07, 6.45) is 0. The van der Waals surface area contributed by atoms with Crippen LogP contribution in [0, 0.1) is 154 Å². The molecular formula is C69H70BrF11O3. The molecule has 3 nitrogen and oxygen atoms in total. The highest BCUT2D eigenvalue weighted by Gasteiger charge is 2.22. The molecular weight excluding hydrogens is 1170 g/mol. The number of para-hydroxylation sites is 2. The minimum absolute atomic E-state index is 0.0810. The molecule has 0 atom stereocenters. The Hall–Kier alpha value is -7.91. The summed E-state index contributed by atoms with van der Waals surface area (Å²) < 4.78 is 152. The van der Waals surface area contributed by atoms with Crippen LogP contribution in [0.3, 0.4) is 0 Å². The predicted molar refractivity (Wildman–Crippen MR) is 320 cm³/mol. The van der Waals surface area contributed by atoms with E-state index in [1.165, 1.54) is 77.1 Å². The predicted octanol–water partition coefficient (Wildman–Crippen LogP) is 21.6. The molecule has 0 heterocycles. The Kier molecular flexibility index (Phi) is 30.9. The minimum Gasteiger partial charge on any atom is -0.493 e. The first-order chi connectivity index (χ1) is 39.4.